The molecule has 1 saturated carbocycles. The van der Waals surface area contributed by atoms with E-state index in [1.165, 1.54) is 6.42 Å². The molecule has 1 unspecified atom stereocenters. The predicted octanol–water partition coefficient (Wildman–Crippen LogP) is 2.71. The van der Waals surface area contributed by atoms with Crippen LogP contribution in [-0.2, 0) is 6.54 Å². The molecule has 1 aliphatic carbocycles. The molecule has 0 radical (unpaired) electrons. The largest absolute Gasteiger partial charge is 0.310 e. The minimum atomic E-state index is -0.116. The molecule has 1 atom stereocenters. The molecular formula is C15H18ClN3O. The fraction of sp³-hybridized carbons (Fsp3) is 0.467. The number of H-pyrrole nitrogens is 1. The molecule has 2 N–H and O–H groups in total. The number of aromatic nitrogens is 2. The second-order valence-corrected chi connectivity index (χ2v) is 6.63. The summed E-state index contributed by atoms with van der Waals surface area (Å²) in [5, 5.41) is 4.52. The van der Waals surface area contributed by atoms with Gasteiger partial charge in [-0.3, -0.25) is 4.79 Å². The number of rotatable bonds is 4. The van der Waals surface area contributed by atoms with Crippen LogP contribution >= 0.6 is 11.6 Å². The van der Waals surface area contributed by atoms with Crippen molar-refractivity contribution in [3.63, 3.8) is 0 Å². The Morgan fingerprint density at radius 3 is 2.95 bits per heavy atom. The van der Waals surface area contributed by atoms with Gasteiger partial charge in [-0.1, -0.05) is 25.4 Å². The number of nitrogens with one attached hydrogen (secondary N) is 2. The highest BCUT2D eigenvalue weighted by Gasteiger charge is 2.44. The third-order valence-electron chi connectivity index (χ3n) is 4.12. The van der Waals surface area contributed by atoms with Gasteiger partial charge in [0, 0.05) is 5.02 Å². The van der Waals surface area contributed by atoms with Crippen LogP contribution < -0.4 is 10.9 Å². The third-order valence-corrected chi connectivity index (χ3v) is 4.35. The Hall–Kier alpha value is -1.39. The predicted molar refractivity (Wildman–Crippen MR) is 81.0 cm³/mol. The molecule has 0 bridgehead atoms. The van der Waals surface area contributed by atoms with Crippen molar-refractivity contribution >= 4 is 22.5 Å². The summed E-state index contributed by atoms with van der Waals surface area (Å²) in [6, 6.07) is 5.13. The average Bonchev–Trinajstić information content (AvgIpc) is 2.96. The van der Waals surface area contributed by atoms with Gasteiger partial charge in [0.15, 0.2) is 0 Å². The molecule has 1 aromatic heterocycles. The molecule has 2 aromatic rings. The maximum atomic E-state index is 12.0. The van der Waals surface area contributed by atoms with Crippen LogP contribution in [0.25, 0.3) is 10.9 Å². The van der Waals surface area contributed by atoms with Gasteiger partial charge in [0.25, 0.3) is 5.56 Å². The molecule has 0 aliphatic heterocycles. The minimum absolute atomic E-state index is 0.116. The van der Waals surface area contributed by atoms with Crippen LogP contribution in [0.5, 0.6) is 0 Å². The molecule has 20 heavy (non-hydrogen) atoms. The molecule has 0 saturated heterocycles. The summed E-state index contributed by atoms with van der Waals surface area (Å²) in [7, 11) is 0. The first-order valence-electron chi connectivity index (χ1n) is 6.85. The zero-order chi connectivity index (χ0) is 14.3. The highest BCUT2D eigenvalue weighted by molar-refractivity contribution is 6.31. The van der Waals surface area contributed by atoms with Crippen LogP contribution in [0.4, 0.5) is 0 Å². The Kier molecular flexibility index (Phi) is 3.30. The van der Waals surface area contributed by atoms with E-state index in [-0.39, 0.29) is 5.56 Å². The summed E-state index contributed by atoms with van der Waals surface area (Å²) < 4.78 is 0. The second-order valence-electron chi connectivity index (χ2n) is 6.19. The van der Waals surface area contributed by atoms with Crippen molar-refractivity contribution < 1.29 is 0 Å². The first-order valence-corrected chi connectivity index (χ1v) is 7.23. The van der Waals surface area contributed by atoms with E-state index in [4.69, 9.17) is 11.6 Å². The van der Waals surface area contributed by atoms with E-state index in [1.54, 1.807) is 18.2 Å². The topological polar surface area (TPSA) is 57.8 Å². The Morgan fingerprint density at radius 2 is 2.25 bits per heavy atom. The van der Waals surface area contributed by atoms with E-state index in [1.807, 2.05) is 0 Å². The van der Waals surface area contributed by atoms with E-state index in [0.717, 1.165) is 12.5 Å². The van der Waals surface area contributed by atoms with Crippen molar-refractivity contribution in [1.82, 2.24) is 15.3 Å². The fourth-order valence-electron chi connectivity index (χ4n) is 2.53. The molecule has 5 heteroatoms. The highest BCUT2D eigenvalue weighted by Crippen LogP contribution is 2.50. The first kappa shape index (κ1) is 13.6. The standard InChI is InChI=1S/C15H18ClN3O/c1-15(2)6-9(15)7-17-8-13-18-12-5-10(16)3-4-11(12)14(20)19-13/h3-5,9,17H,6-8H2,1-2H3,(H,18,19,20). The van der Waals surface area contributed by atoms with E-state index < -0.39 is 0 Å². The van der Waals surface area contributed by atoms with Gasteiger partial charge in [-0.25, -0.2) is 4.98 Å². The first-order chi connectivity index (χ1) is 9.45. The van der Waals surface area contributed by atoms with E-state index >= 15 is 0 Å². The summed E-state index contributed by atoms with van der Waals surface area (Å²) in [4.78, 5) is 19.2. The van der Waals surface area contributed by atoms with Crippen LogP contribution in [0.2, 0.25) is 5.02 Å². The Morgan fingerprint density at radius 1 is 1.50 bits per heavy atom. The zero-order valence-electron chi connectivity index (χ0n) is 11.7. The lowest BCUT2D eigenvalue weighted by Gasteiger charge is -2.07. The number of benzene rings is 1. The molecule has 1 aromatic carbocycles. The zero-order valence-corrected chi connectivity index (χ0v) is 12.4. The van der Waals surface area contributed by atoms with Crippen molar-refractivity contribution in [2.45, 2.75) is 26.8 Å². The van der Waals surface area contributed by atoms with Gasteiger partial charge in [-0.05, 0) is 42.5 Å². The normalized spacial score (nSPS) is 20.2. The van der Waals surface area contributed by atoms with Crippen LogP contribution in [0.1, 0.15) is 26.1 Å². The number of fused-ring (bicyclic) bond motifs is 1. The molecule has 1 heterocycles. The monoisotopic (exact) mass is 291 g/mol. The molecule has 1 fully saturated rings. The van der Waals surface area contributed by atoms with Crippen LogP contribution in [-0.4, -0.2) is 16.5 Å². The van der Waals surface area contributed by atoms with E-state index in [0.29, 0.717) is 33.7 Å². The summed E-state index contributed by atoms with van der Waals surface area (Å²) in [6.45, 7) is 6.09. The molecule has 4 nitrogen and oxygen atoms in total. The second kappa shape index (κ2) is 4.86. The smallest absolute Gasteiger partial charge is 0.258 e. The maximum absolute atomic E-state index is 12.0. The molecular weight excluding hydrogens is 274 g/mol. The van der Waals surface area contributed by atoms with Gasteiger partial charge in [0.2, 0.25) is 0 Å². The summed E-state index contributed by atoms with van der Waals surface area (Å²) in [5.41, 5.74) is 0.991. The number of hydrogen-bond donors (Lipinski definition) is 2. The number of aromatic amines is 1. The lowest BCUT2D eigenvalue weighted by molar-refractivity contribution is 0.515. The average molecular weight is 292 g/mol. The lowest BCUT2D eigenvalue weighted by Crippen LogP contribution is -2.22. The SMILES string of the molecule is CC1(C)CC1CNCc1nc2cc(Cl)ccc2c(=O)[nH]1. The number of halogens is 1. The minimum Gasteiger partial charge on any atom is -0.310 e. The van der Waals surface area contributed by atoms with Gasteiger partial charge in [0.1, 0.15) is 5.82 Å². The molecule has 1 aliphatic rings. The van der Waals surface area contributed by atoms with Crippen LogP contribution in [0.15, 0.2) is 23.0 Å². The molecule has 0 amide bonds. The van der Waals surface area contributed by atoms with Gasteiger partial charge in [-0.15, -0.1) is 0 Å². The summed E-state index contributed by atoms with van der Waals surface area (Å²) in [5.74, 6) is 1.38. The fourth-order valence-corrected chi connectivity index (χ4v) is 2.70. The Balaban J connectivity index is 1.73. The van der Waals surface area contributed by atoms with Crippen molar-refractivity contribution in [2.75, 3.05) is 6.54 Å². The van der Waals surface area contributed by atoms with E-state index in [9.17, 15) is 4.79 Å². The van der Waals surface area contributed by atoms with Gasteiger partial charge in [-0.2, -0.15) is 0 Å². The lowest BCUT2D eigenvalue weighted by atomic mass is 10.1. The van der Waals surface area contributed by atoms with Crippen molar-refractivity contribution in [3.05, 3.63) is 39.4 Å². The maximum Gasteiger partial charge on any atom is 0.258 e. The van der Waals surface area contributed by atoms with Gasteiger partial charge in [0.05, 0.1) is 17.4 Å². The Labute approximate surface area is 122 Å². The summed E-state index contributed by atoms with van der Waals surface area (Å²) >= 11 is 5.94. The molecule has 106 valence electrons. The molecule has 0 spiro atoms. The van der Waals surface area contributed by atoms with Crippen LogP contribution in [0, 0.1) is 11.3 Å². The Bertz CT molecular complexity index is 708. The van der Waals surface area contributed by atoms with Gasteiger partial charge >= 0.3 is 0 Å². The van der Waals surface area contributed by atoms with Crippen molar-refractivity contribution in [3.8, 4) is 0 Å². The highest BCUT2D eigenvalue weighted by atomic mass is 35.5. The van der Waals surface area contributed by atoms with Crippen molar-refractivity contribution in [1.29, 1.82) is 0 Å². The molecule has 3 rings (SSSR count). The van der Waals surface area contributed by atoms with Crippen LogP contribution in [0.3, 0.4) is 0 Å². The van der Waals surface area contributed by atoms with E-state index in [2.05, 4.69) is 29.1 Å². The number of hydrogen-bond acceptors (Lipinski definition) is 3. The van der Waals surface area contributed by atoms with Gasteiger partial charge < -0.3 is 10.3 Å². The summed E-state index contributed by atoms with van der Waals surface area (Å²) in [6.07, 6.45) is 1.26. The quantitative estimate of drug-likeness (QED) is 0.910. The van der Waals surface area contributed by atoms with Crippen molar-refractivity contribution in [2.24, 2.45) is 11.3 Å². The number of nitrogens with zero attached hydrogens (tertiary/aromatic N) is 1. The third kappa shape index (κ3) is 2.72.